The molecule has 0 atom stereocenters. The molecule has 0 bridgehead atoms. The Morgan fingerprint density at radius 2 is 1.81 bits per heavy atom. The fourth-order valence-corrected chi connectivity index (χ4v) is 3.54. The monoisotopic (exact) mass is 442 g/mol. The van der Waals surface area contributed by atoms with Gasteiger partial charge in [-0.3, -0.25) is 4.79 Å². The summed E-state index contributed by atoms with van der Waals surface area (Å²) in [5, 5.41) is 2.99. The van der Waals surface area contributed by atoms with E-state index < -0.39 is 0 Å². The molecule has 0 aromatic heterocycles. The van der Waals surface area contributed by atoms with Crippen molar-refractivity contribution in [2.24, 2.45) is 0 Å². The van der Waals surface area contributed by atoms with Crippen LogP contribution in [0.25, 0.3) is 6.08 Å². The molecule has 31 heavy (non-hydrogen) atoms. The SMILES string of the molecule is COc1ccc(CCN(C)CCCNC(=O)CC=Cc2ccc(SC)cc2)cc1OC. The Balaban J connectivity index is 1.60. The van der Waals surface area contributed by atoms with E-state index >= 15 is 0 Å². The third-order valence-corrected chi connectivity index (χ3v) is 5.74. The number of likely N-dealkylation sites (N-methyl/N-ethyl adjacent to an activating group) is 1. The molecule has 0 aliphatic rings. The summed E-state index contributed by atoms with van der Waals surface area (Å²) in [4.78, 5) is 15.5. The molecule has 0 aliphatic heterocycles. The van der Waals surface area contributed by atoms with Gasteiger partial charge >= 0.3 is 0 Å². The van der Waals surface area contributed by atoms with Crippen molar-refractivity contribution in [2.45, 2.75) is 24.2 Å². The molecule has 2 rings (SSSR count). The van der Waals surface area contributed by atoms with E-state index in [0.29, 0.717) is 13.0 Å². The molecule has 0 fully saturated rings. The molecule has 5 nitrogen and oxygen atoms in total. The largest absolute Gasteiger partial charge is 0.493 e. The Kier molecular flexibility index (Phi) is 11.0. The fourth-order valence-electron chi connectivity index (χ4n) is 3.13. The van der Waals surface area contributed by atoms with Gasteiger partial charge in [-0.2, -0.15) is 0 Å². The van der Waals surface area contributed by atoms with E-state index in [-0.39, 0.29) is 5.91 Å². The summed E-state index contributed by atoms with van der Waals surface area (Å²) >= 11 is 1.72. The first-order valence-corrected chi connectivity index (χ1v) is 11.7. The molecule has 168 valence electrons. The zero-order valence-electron chi connectivity index (χ0n) is 19.0. The van der Waals surface area contributed by atoms with Crippen molar-refractivity contribution in [1.82, 2.24) is 10.2 Å². The lowest BCUT2D eigenvalue weighted by Crippen LogP contribution is -2.28. The molecule has 1 N–H and O–H groups in total. The molecule has 0 saturated carbocycles. The van der Waals surface area contributed by atoms with Crippen LogP contribution in [0.3, 0.4) is 0 Å². The summed E-state index contributed by atoms with van der Waals surface area (Å²) in [5.74, 6) is 1.57. The minimum absolute atomic E-state index is 0.0602. The number of amides is 1. The van der Waals surface area contributed by atoms with Crippen LogP contribution in [-0.2, 0) is 11.2 Å². The van der Waals surface area contributed by atoms with Crippen molar-refractivity contribution in [2.75, 3.05) is 47.2 Å². The van der Waals surface area contributed by atoms with Crippen LogP contribution in [0.5, 0.6) is 11.5 Å². The number of rotatable bonds is 13. The highest BCUT2D eigenvalue weighted by Gasteiger charge is 2.06. The van der Waals surface area contributed by atoms with Crippen LogP contribution < -0.4 is 14.8 Å². The van der Waals surface area contributed by atoms with Crippen molar-refractivity contribution >= 4 is 23.7 Å². The van der Waals surface area contributed by atoms with Crippen LogP contribution in [0.4, 0.5) is 0 Å². The minimum atomic E-state index is 0.0602. The summed E-state index contributed by atoms with van der Waals surface area (Å²) in [5.41, 5.74) is 2.33. The third-order valence-electron chi connectivity index (χ3n) is 5.00. The van der Waals surface area contributed by atoms with E-state index in [1.807, 2.05) is 24.3 Å². The first kappa shape index (κ1) is 24.8. The topological polar surface area (TPSA) is 50.8 Å². The van der Waals surface area contributed by atoms with E-state index in [9.17, 15) is 4.79 Å². The molecule has 0 aliphatic carbocycles. The van der Waals surface area contributed by atoms with Gasteiger partial charge in [0.1, 0.15) is 0 Å². The molecule has 0 heterocycles. The molecule has 0 radical (unpaired) electrons. The van der Waals surface area contributed by atoms with Crippen LogP contribution >= 0.6 is 11.8 Å². The van der Waals surface area contributed by atoms with Gasteiger partial charge in [0.15, 0.2) is 11.5 Å². The highest BCUT2D eigenvalue weighted by Crippen LogP contribution is 2.27. The molecule has 2 aromatic carbocycles. The maximum Gasteiger partial charge on any atom is 0.223 e. The molecule has 6 heteroatoms. The number of carbonyl (C=O) groups is 1. The highest BCUT2D eigenvalue weighted by atomic mass is 32.2. The van der Waals surface area contributed by atoms with Gasteiger partial charge in [0, 0.05) is 24.4 Å². The predicted molar refractivity (Wildman–Crippen MR) is 130 cm³/mol. The maximum absolute atomic E-state index is 12.0. The second-order valence-electron chi connectivity index (χ2n) is 7.33. The second kappa shape index (κ2) is 13.8. The molecular formula is C25H34N2O3S. The average Bonchev–Trinajstić information content (AvgIpc) is 2.80. The standard InChI is InChI=1S/C25H34N2O3S/c1-27(18-15-21-11-14-23(29-2)24(19-21)30-3)17-6-16-26-25(28)8-5-7-20-9-12-22(31-4)13-10-20/h5,7,9-14,19H,6,8,15-18H2,1-4H3,(H,26,28). The lowest BCUT2D eigenvalue weighted by molar-refractivity contribution is -0.120. The molecular weight excluding hydrogens is 408 g/mol. The van der Waals surface area contributed by atoms with Gasteiger partial charge in [0.05, 0.1) is 14.2 Å². The summed E-state index contributed by atoms with van der Waals surface area (Å²) in [7, 11) is 5.40. The Labute approximate surface area is 190 Å². The van der Waals surface area contributed by atoms with E-state index in [1.165, 1.54) is 10.5 Å². The first-order chi connectivity index (χ1) is 15.0. The Morgan fingerprint density at radius 3 is 2.48 bits per heavy atom. The first-order valence-electron chi connectivity index (χ1n) is 10.5. The van der Waals surface area contributed by atoms with Gasteiger partial charge in [-0.1, -0.05) is 30.4 Å². The Bertz CT molecular complexity index is 837. The second-order valence-corrected chi connectivity index (χ2v) is 8.21. The predicted octanol–water partition coefficient (Wildman–Crippen LogP) is 4.51. The third kappa shape index (κ3) is 9.07. The van der Waals surface area contributed by atoms with Crippen LogP contribution in [0.2, 0.25) is 0 Å². The fraction of sp³-hybridized carbons (Fsp3) is 0.400. The van der Waals surface area contributed by atoms with Gasteiger partial charge in [-0.15, -0.1) is 11.8 Å². The van der Waals surface area contributed by atoms with Crippen LogP contribution in [0.1, 0.15) is 24.0 Å². The lowest BCUT2D eigenvalue weighted by Gasteiger charge is -2.17. The van der Waals surface area contributed by atoms with Gasteiger partial charge in [0.25, 0.3) is 0 Å². The van der Waals surface area contributed by atoms with Crippen molar-refractivity contribution in [3.05, 3.63) is 59.7 Å². The van der Waals surface area contributed by atoms with Gasteiger partial charge < -0.3 is 19.7 Å². The van der Waals surface area contributed by atoms with E-state index in [4.69, 9.17) is 9.47 Å². The molecule has 1 amide bonds. The van der Waals surface area contributed by atoms with E-state index in [1.54, 1.807) is 26.0 Å². The zero-order valence-corrected chi connectivity index (χ0v) is 19.8. The van der Waals surface area contributed by atoms with Crippen LogP contribution in [0, 0.1) is 0 Å². The Morgan fingerprint density at radius 1 is 1.06 bits per heavy atom. The van der Waals surface area contributed by atoms with Crippen LogP contribution in [0.15, 0.2) is 53.4 Å². The molecule has 2 aromatic rings. The maximum atomic E-state index is 12.0. The van der Waals surface area contributed by atoms with Crippen molar-refractivity contribution in [3.8, 4) is 11.5 Å². The van der Waals surface area contributed by atoms with Crippen LogP contribution in [-0.4, -0.2) is 58.0 Å². The number of ether oxygens (including phenoxy) is 2. The number of nitrogens with one attached hydrogen (secondary N) is 1. The van der Waals surface area contributed by atoms with Gasteiger partial charge in [-0.25, -0.2) is 0 Å². The van der Waals surface area contributed by atoms with E-state index in [0.717, 1.165) is 43.0 Å². The smallest absolute Gasteiger partial charge is 0.223 e. The number of thioether (sulfide) groups is 1. The molecule has 0 unspecified atom stereocenters. The summed E-state index contributed by atoms with van der Waals surface area (Å²) in [6.07, 6.45) is 8.23. The van der Waals surface area contributed by atoms with Crippen molar-refractivity contribution < 1.29 is 14.3 Å². The summed E-state index contributed by atoms with van der Waals surface area (Å²) in [6.45, 7) is 2.57. The minimum Gasteiger partial charge on any atom is -0.493 e. The number of methoxy groups -OCH3 is 2. The quantitative estimate of drug-likeness (QED) is 0.365. The zero-order chi connectivity index (χ0) is 22.5. The number of benzene rings is 2. The van der Waals surface area contributed by atoms with Gasteiger partial charge in [-0.05, 0) is 68.1 Å². The molecule has 0 saturated heterocycles. The number of hydrogen-bond donors (Lipinski definition) is 1. The average molecular weight is 443 g/mol. The summed E-state index contributed by atoms with van der Waals surface area (Å²) < 4.78 is 10.6. The number of nitrogens with zero attached hydrogens (tertiary/aromatic N) is 1. The van der Waals surface area contributed by atoms with E-state index in [2.05, 4.69) is 53.9 Å². The summed E-state index contributed by atoms with van der Waals surface area (Å²) in [6, 6.07) is 14.4. The normalized spacial score (nSPS) is 11.1. The number of hydrogen-bond acceptors (Lipinski definition) is 5. The van der Waals surface area contributed by atoms with Crippen molar-refractivity contribution in [1.29, 1.82) is 0 Å². The van der Waals surface area contributed by atoms with Crippen molar-refractivity contribution in [3.63, 3.8) is 0 Å². The highest BCUT2D eigenvalue weighted by molar-refractivity contribution is 7.98. The lowest BCUT2D eigenvalue weighted by atomic mass is 10.1. The number of carbonyl (C=O) groups excluding carboxylic acids is 1. The van der Waals surface area contributed by atoms with Gasteiger partial charge in [0.2, 0.25) is 5.91 Å². The molecule has 0 spiro atoms. The Hall–Kier alpha value is -2.44.